The fraction of sp³-hybridized carbons (Fsp3) is 0.333. The number of hydrogen-bond acceptors (Lipinski definition) is 1. The van der Waals surface area contributed by atoms with E-state index in [9.17, 15) is 13.2 Å². The Kier molecular flexibility index (Phi) is 2.24. The summed E-state index contributed by atoms with van der Waals surface area (Å²) >= 11 is 0. The first-order valence-electron chi connectivity index (χ1n) is 3.77. The van der Waals surface area contributed by atoms with Crippen LogP contribution >= 0.6 is 0 Å². The van der Waals surface area contributed by atoms with E-state index in [-0.39, 0.29) is 5.56 Å². The van der Waals surface area contributed by atoms with Crippen molar-refractivity contribution in [2.24, 2.45) is 0 Å². The van der Waals surface area contributed by atoms with Gasteiger partial charge in [-0.2, -0.15) is 13.2 Å². The number of nitrogens with two attached hydrogens (primary N) is 1. The fourth-order valence-electron chi connectivity index (χ4n) is 1.15. The number of rotatable bonds is 0. The van der Waals surface area contributed by atoms with Gasteiger partial charge in [-0.25, -0.2) is 0 Å². The minimum atomic E-state index is -4.29. The second kappa shape index (κ2) is 2.94. The Morgan fingerprint density at radius 2 is 1.62 bits per heavy atom. The van der Waals surface area contributed by atoms with Gasteiger partial charge in [0.05, 0.1) is 5.56 Å². The predicted molar refractivity (Wildman–Crippen MR) is 45.3 cm³/mol. The molecule has 0 aromatic heterocycles. The minimum absolute atomic E-state index is 0.201. The molecule has 0 spiro atoms. The van der Waals surface area contributed by atoms with Gasteiger partial charge in [-0.3, -0.25) is 0 Å². The van der Waals surface area contributed by atoms with Crippen molar-refractivity contribution >= 4 is 5.69 Å². The topological polar surface area (TPSA) is 26.0 Å². The summed E-state index contributed by atoms with van der Waals surface area (Å²) in [5.74, 6) is 0. The molecule has 2 N–H and O–H groups in total. The molecule has 13 heavy (non-hydrogen) atoms. The van der Waals surface area contributed by atoms with Crippen molar-refractivity contribution in [1.29, 1.82) is 0 Å². The lowest BCUT2D eigenvalue weighted by atomic mass is 10.0. The maximum Gasteiger partial charge on any atom is 0.416 e. The van der Waals surface area contributed by atoms with Gasteiger partial charge in [0, 0.05) is 5.69 Å². The summed E-state index contributed by atoms with van der Waals surface area (Å²) in [6.07, 6.45) is -4.29. The van der Waals surface area contributed by atoms with Crippen LogP contribution in [-0.4, -0.2) is 0 Å². The lowest BCUT2D eigenvalue weighted by Gasteiger charge is -2.13. The van der Waals surface area contributed by atoms with Crippen LogP contribution in [0.15, 0.2) is 12.1 Å². The SMILES string of the molecule is Cc1c(N)ccc(C(F)(F)F)c1C. The van der Waals surface area contributed by atoms with Crippen LogP contribution in [0, 0.1) is 13.8 Å². The average molecular weight is 189 g/mol. The van der Waals surface area contributed by atoms with Crippen LogP contribution in [0.2, 0.25) is 0 Å². The Labute approximate surface area is 74.4 Å². The third-order valence-electron chi connectivity index (χ3n) is 2.13. The summed E-state index contributed by atoms with van der Waals surface area (Å²) in [6.45, 7) is 3.01. The van der Waals surface area contributed by atoms with E-state index in [4.69, 9.17) is 5.73 Å². The molecule has 0 heterocycles. The molecule has 0 bridgehead atoms. The second-order valence-electron chi connectivity index (χ2n) is 2.95. The van der Waals surface area contributed by atoms with Crippen LogP contribution in [0.25, 0.3) is 0 Å². The van der Waals surface area contributed by atoms with Gasteiger partial charge in [0.1, 0.15) is 0 Å². The molecule has 4 heteroatoms. The second-order valence-corrected chi connectivity index (χ2v) is 2.95. The molecule has 1 nitrogen and oxygen atoms in total. The summed E-state index contributed by atoms with van der Waals surface area (Å²) in [7, 11) is 0. The zero-order valence-corrected chi connectivity index (χ0v) is 7.37. The molecule has 0 radical (unpaired) electrons. The lowest BCUT2D eigenvalue weighted by molar-refractivity contribution is -0.138. The molecule has 0 atom stereocenters. The summed E-state index contributed by atoms with van der Waals surface area (Å²) < 4.78 is 37.0. The zero-order chi connectivity index (χ0) is 10.2. The summed E-state index contributed by atoms with van der Waals surface area (Å²) in [6, 6.07) is 2.29. The Morgan fingerprint density at radius 1 is 1.08 bits per heavy atom. The van der Waals surface area contributed by atoms with Crippen LogP contribution in [-0.2, 0) is 6.18 Å². The highest BCUT2D eigenvalue weighted by Gasteiger charge is 2.32. The van der Waals surface area contributed by atoms with Crippen LogP contribution in [0.1, 0.15) is 16.7 Å². The molecule has 0 aliphatic carbocycles. The Balaban J connectivity index is 3.35. The molecule has 0 amide bonds. The van der Waals surface area contributed by atoms with Crippen LogP contribution < -0.4 is 5.73 Å². The number of hydrogen-bond donors (Lipinski definition) is 1. The average Bonchev–Trinajstić information content (AvgIpc) is 1.98. The van der Waals surface area contributed by atoms with E-state index >= 15 is 0 Å². The fourth-order valence-corrected chi connectivity index (χ4v) is 1.15. The molecule has 0 saturated carbocycles. The maximum absolute atomic E-state index is 12.3. The highest BCUT2D eigenvalue weighted by Crippen LogP contribution is 2.34. The number of benzene rings is 1. The third-order valence-corrected chi connectivity index (χ3v) is 2.13. The van der Waals surface area contributed by atoms with E-state index < -0.39 is 11.7 Å². The van der Waals surface area contributed by atoms with Gasteiger partial charge in [-0.05, 0) is 37.1 Å². The van der Waals surface area contributed by atoms with Gasteiger partial charge in [0.25, 0.3) is 0 Å². The Hall–Kier alpha value is -1.19. The van der Waals surface area contributed by atoms with Gasteiger partial charge < -0.3 is 5.73 Å². The van der Waals surface area contributed by atoms with E-state index in [2.05, 4.69) is 0 Å². The first-order valence-corrected chi connectivity index (χ1v) is 3.77. The van der Waals surface area contributed by atoms with Gasteiger partial charge in [-0.1, -0.05) is 0 Å². The molecule has 1 aromatic rings. The van der Waals surface area contributed by atoms with Crippen molar-refractivity contribution in [3.8, 4) is 0 Å². The zero-order valence-electron chi connectivity index (χ0n) is 7.37. The minimum Gasteiger partial charge on any atom is -0.399 e. The maximum atomic E-state index is 12.3. The highest BCUT2D eigenvalue weighted by atomic mass is 19.4. The number of halogens is 3. The van der Waals surface area contributed by atoms with Crippen LogP contribution in [0.3, 0.4) is 0 Å². The van der Waals surface area contributed by atoms with Gasteiger partial charge >= 0.3 is 6.18 Å². The predicted octanol–water partition coefficient (Wildman–Crippen LogP) is 2.90. The van der Waals surface area contributed by atoms with Crippen molar-refractivity contribution in [2.45, 2.75) is 20.0 Å². The van der Waals surface area contributed by atoms with E-state index in [0.29, 0.717) is 11.3 Å². The quantitative estimate of drug-likeness (QED) is 0.624. The molecule has 72 valence electrons. The molecule has 1 aromatic carbocycles. The first kappa shape index (κ1) is 9.89. The summed E-state index contributed by atoms with van der Waals surface area (Å²) in [5, 5.41) is 0. The van der Waals surface area contributed by atoms with E-state index in [1.165, 1.54) is 13.0 Å². The molecule has 0 aliphatic rings. The van der Waals surface area contributed by atoms with Gasteiger partial charge in [-0.15, -0.1) is 0 Å². The Bertz CT molecular complexity index is 328. The van der Waals surface area contributed by atoms with Crippen molar-refractivity contribution in [2.75, 3.05) is 5.73 Å². The van der Waals surface area contributed by atoms with Gasteiger partial charge in [0.2, 0.25) is 0 Å². The van der Waals surface area contributed by atoms with Crippen molar-refractivity contribution in [3.63, 3.8) is 0 Å². The normalized spacial score (nSPS) is 11.8. The smallest absolute Gasteiger partial charge is 0.399 e. The summed E-state index contributed by atoms with van der Waals surface area (Å²) in [4.78, 5) is 0. The third kappa shape index (κ3) is 1.76. The Morgan fingerprint density at radius 3 is 2.08 bits per heavy atom. The van der Waals surface area contributed by atoms with Crippen molar-refractivity contribution in [1.82, 2.24) is 0 Å². The molecule has 0 fully saturated rings. The largest absolute Gasteiger partial charge is 0.416 e. The van der Waals surface area contributed by atoms with Gasteiger partial charge in [0.15, 0.2) is 0 Å². The monoisotopic (exact) mass is 189 g/mol. The van der Waals surface area contributed by atoms with E-state index in [1.807, 2.05) is 0 Å². The molecular formula is C9H10F3N. The highest BCUT2D eigenvalue weighted by molar-refractivity contribution is 5.53. The number of alkyl halides is 3. The molecule has 0 aliphatic heterocycles. The number of nitrogen functional groups attached to an aromatic ring is 1. The molecular weight excluding hydrogens is 179 g/mol. The first-order chi connectivity index (χ1) is 5.84. The van der Waals surface area contributed by atoms with Crippen molar-refractivity contribution in [3.05, 3.63) is 28.8 Å². The molecule has 0 unspecified atom stereocenters. The van der Waals surface area contributed by atoms with E-state index in [1.54, 1.807) is 6.92 Å². The molecule has 0 saturated heterocycles. The van der Waals surface area contributed by atoms with Crippen molar-refractivity contribution < 1.29 is 13.2 Å². The summed E-state index contributed by atoms with van der Waals surface area (Å²) in [5.41, 5.74) is 5.94. The van der Waals surface area contributed by atoms with Crippen LogP contribution in [0.4, 0.5) is 18.9 Å². The molecule has 1 rings (SSSR count). The number of anilines is 1. The lowest BCUT2D eigenvalue weighted by Crippen LogP contribution is -2.09. The van der Waals surface area contributed by atoms with E-state index in [0.717, 1.165) is 6.07 Å². The standard InChI is InChI=1S/C9H10F3N/c1-5-6(2)8(13)4-3-7(5)9(10,11)12/h3-4H,13H2,1-2H3. The van der Waals surface area contributed by atoms with Crippen LogP contribution in [0.5, 0.6) is 0 Å².